The van der Waals surface area contributed by atoms with Gasteiger partial charge in [-0.05, 0) is 48.9 Å². The van der Waals surface area contributed by atoms with Crippen LogP contribution in [-0.4, -0.2) is 21.8 Å². The predicted molar refractivity (Wildman–Crippen MR) is 105 cm³/mol. The Morgan fingerprint density at radius 3 is 2.44 bits per heavy atom. The number of benzene rings is 1. The highest BCUT2D eigenvalue weighted by atomic mass is 35.5. The normalized spacial score (nSPS) is 10.3. The van der Waals surface area contributed by atoms with Gasteiger partial charge in [0.05, 0.1) is 12.0 Å². The second-order valence-electron chi connectivity index (χ2n) is 5.88. The van der Waals surface area contributed by atoms with Gasteiger partial charge in [-0.2, -0.15) is 0 Å². The number of rotatable bonds is 5. The summed E-state index contributed by atoms with van der Waals surface area (Å²) in [6.45, 7) is 1.80. The fourth-order valence-electron chi connectivity index (χ4n) is 2.41. The Kier molecular flexibility index (Phi) is 5.78. The van der Waals surface area contributed by atoms with Crippen molar-refractivity contribution in [2.45, 2.75) is 13.3 Å². The molecule has 0 unspecified atom stereocenters. The second-order valence-corrected chi connectivity index (χ2v) is 6.24. The first-order valence-electron chi connectivity index (χ1n) is 8.25. The summed E-state index contributed by atoms with van der Waals surface area (Å²) < 4.78 is 0. The molecule has 0 aliphatic carbocycles. The largest absolute Gasteiger partial charge is 0.322 e. The Morgan fingerprint density at radius 1 is 1.00 bits per heavy atom. The van der Waals surface area contributed by atoms with Gasteiger partial charge in [0.25, 0.3) is 5.91 Å². The number of nitrogens with zero attached hydrogens (tertiary/aromatic N) is 2. The van der Waals surface area contributed by atoms with E-state index in [9.17, 15) is 9.59 Å². The minimum Gasteiger partial charge on any atom is -0.322 e. The molecular formula is C20H17ClN4O2. The first-order chi connectivity index (χ1) is 13.0. The highest BCUT2D eigenvalue weighted by Crippen LogP contribution is 2.17. The van der Waals surface area contributed by atoms with Crippen LogP contribution in [0.25, 0.3) is 0 Å². The maximum atomic E-state index is 12.3. The molecule has 0 fully saturated rings. The zero-order valence-electron chi connectivity index (χ0n) is 14.6. The first kappa shape index (κ1) is 18.5. The van der Waals surface area contributed by atoms with E-state index in [1.165, 1.54) is 0 Å². The molecular weight excluding hydrogens is 364 g/mol. The van der Waals surface area contributed by atoms with E-state index in [0.29, 0.717) is 17.1 Å². The molecule has 0 aliphatic heterocycles. The highest BCUT2D eigenvalue weighted by molar-refractivity contribution is 6.33. The molecule has 1 aromatic carbocycles. The number of anilines is 2. The molecule has 0 saturated heterocycles. The van der Waals surface area contributed by atoms with Gasteiger partial charge in [0.2, 0.25) is 5.91 Å². The maximum absolute atomic E-state index is 12.3. The standard InChI is InChI=1S/C20H17ClN4O2/c1-13-5-10-16(19(21)23-13)20(27)24-15-8-6-14(7-9-15)12-18(26)25-17-4-2-3-11-22-17/h2-11H,12H2,1H3,(H,24,27)(H,22,25,26). The number of nitrogens with one attached hydrogen (secondary N) is 2. The molecule has 6 nitrogen and oxygen atoms in total. The number of hydrogen-bond donors (Lipinski definition) is 2. The number of amides is 2. The molecule has 0 saturated carbocycles. The maximum Gasteiger partial charge on any atom is 0.258 e. The van der Waals surface area contributed by atoms with E-state index in [1.54, 1.807) is 67.7 Å². The quantitative estimate of drug-likeness (QED) is 0.658. The summed E-state index contributed by atoms with van der Waals surface area (Å²) >= 11 is 6.02. The van der Waals surface area contributed by atoms with Gasteiger partial charge in [-0.3, -0.25) is 9.59 Å². The lowest BCUT2D eigenvalue weighted by Gasteiger charge is -2.08. The zero-order chi connectivity index (χ0) is 19.2. The van der Waals surface area contributed by atoms with Gasteiger partial charge in [-0.25, -0.2) is 9.97 Å². The molecule has 2 amide bonds. The number of carbonyl (C=O) groups is 2. The van der Waals surface area contributed by atoms with Gasteiger partial charge in [0.1, 0.15) is 11.0 Å². The number of carbonyl (C=O) groups excluding carboxylic acids is 2. The van der Waals surface area contributed by atoms with Crippen molar-refractivity contribution in [2.75, 3.05) is 10.6 Å². The van der Waals surface area contributed by atoms with Crippen molar-refractivity contribution in [1.29, 1.82) is 0 Å². The molecule has 0 spiro atoms. The summed E-state index contributed by atoms with van der Waals surface area (Å²) in [6.07, 6.45) is 1.82. The summed E-state index contributed by atoms with van der Waals surface area (Å²) in [7, 11) is 0. The van der Waals surface area contributed by atoms with E-state index in [0.717, 1.165) is 11.3 Å². The number of aryl methyl sites for hydroxylation is 1. The van der Waals surface area contributed by atoms with Gasteiger partial charge in [0.15, 0.2) is 0 Å². The van der Waals surface area contributed by atoms with Crippen LogP contribution >= 0.6 is 11.6 Å². The third-order valence-electron chi connectivity index (χ3n) is 3.74. The predicted octanol–water partition coefficient (Wildman–Crippen LogP) is 3.87. The van der Waals surface area contributed by atoms with Crippen molar-refractivity contribution < 1.29 is 9.59 Å². The minimum absolute atomic E-state index is 0.162. The van der Waals surface area contributed by atoms with Crippen LogP contribution in [0, 0.1) is 6.92 Å². The van der Waals surface area contributed by atoms with Crippen molar-refractivity contribution >= 4 is 34.9 Å². The average Bonchev–Trinajstić information content (AvgIpc) is 2.64. The third kappa shape index (κ3) is 5.12. The SMILES string of the molecule is Cc1ccc(C(=O)Nc2ccc(CC(=O)Nc3ccccn3)cc2)c(Cl)n1. The van der Waals surface area contributed by atoms with E-state index in [4.69, 9.17) is 11.6 Å². The van der Waals surface area contributed by atoms with E-state index < -0.39 is 0 Å². The van der Waals surface area contributed by atoms with Gasteiger partial charge in [-0.1, -0.05) is 29.8 Å². The van der Waals surface area contributed by atoms with E-state index in [-0.39, 0.29) is 23.4 Å². The van der Waals surface area contributed by atoms with E-state index >= 15 is 0 Å². The monoisotopic (exact) mass is 380 g/mol. The number of pyridine rings is 2. The molecule has 0 aliphatic rings. The van der Waals surface area contributed by atoms with Crippen LogP contribution in [-0.2, 0) is 11.2 Å². The summed E-state index contributed by atoms with van der Waals surface area (Å²) in [4.78, 5) is 32.5. The molecule has 7 heteroatoms. The Hall–Kier alpha value is -3.25. The third-order valence-corrected chi connectivity index (χ3v) is 4.03. The fraction of sp³-hybridized carbons (Fsp3) is 0.100. The molecule has 0 bridgehead atoms. The van der Waals surface area contributed by atoms with Gasteiger partial charge in [0, 0.05) is 17.6 Å². The zero-order valence-corrected chi connectivity index (χ0v) is 15.3. The second kappa shape index (κ2) is 8.42. The number of aromatic nitrogens is 2. The smallest absolute Gasteiger partial charge is 0.258 e. The molecule has 3 aromatic rings. The fourth-order valence-corrected chi connectivity index (χ4v) is 2.69. The Bertz CT molecular complexity index is 959. The van der Waals surface area contributed by atoms with Gasteiger partial charge >= 0.3 is 0 Å². The van der Waals surface area contributed by atoms with Crippen molar-refractivity contribution in [1.82, 2.24) is 9.97 Å². The van der Waals surface area contributed by atoms with Crippen molar-refractivity contribution in [3.8, 4) is 0 Å². The van der Waals surface area contributed by atoms with Crippen LogP contribution in [0.2, 0.25) is 5.15 Å². The summed E-state index contributed by atoms with van der Waals surface area (Å²) in [6, 6.07) is 15.7. The summed E-state index contributed by atoms with van der Waals surface area (Å²) in [5.41, 5.74) is 2.47. The lowest BCUT2D eigenvalue weighted by molar-refractivity contribution is -0.115. The lowest BCUT2D eigenvalue weighted by atomic mass is 10.1. The Labute approximate surface area is 161 Å². The van der Waals surface area contributed by atoms with Crippen molar-refractivity contribution in [2.24, 2.45) is 0 Å². The Morgan fingerprint density at radius 2 is 1.78 bits per heavy atom. The van der Waals surface area contributed by atoms with Crippen LogP contribution in [0.15, 0.2) is 60.8 Å². The molecule has 2 heterocycles. The molecule has 2 N–H and O–H groups in total. The minimum atomic E-state index is -0.340. The lowest BCUT2D eigenvalue weighted by Crippen LogP contribution is -2.15. The number of halogens is 1. The molecule has 0 atom stereocenters. The molecule has 3 rings (SSSR count). The summed E-state index contributed by atoms with van der Waals surface area (Å²) in [5.74, 6) is 0.00566. The van der Waals surface area contributed by atoms with Crippen LogP contribution in [0.5, 0.6) is 0 Å². The molecule has 0 radical (unpaired) electrons. The topological polar surface area (TPSA) is 84.0 Å². The molecule has 27 heavy (non-hydrogen) atoms. The van der Waals surface area contributed by atoms with Gasteiger partial charge < -0.3 is 10.6 Å². The van der Waals surface area contributed by atoms with Crippen LogP contribution in [0.4, 0.5) is 11.5 Å². The number of hydrogen-bond acceptors (Lipinski definition) is 4. The first-order valence-corrected chi connectivity index (χ1v) is 8.63. The molecule has 2 aromatic heterocycles. The van der Waals surface area contributed by atoms with Crippen LogP contribution in [0.3, 0.4) is 0 Å². The van der Waals surface area contributed by atoms with E-state index in [1.807, 2.05) is 0 Å². The average molecular weight is 381 g/mol. The Balaban J connectivity index is 1.60. The molecule has 136 valence electrons. The van der Waals surface area contributed by atoms with Crippen molar-refractivity contribution in [3.05, 3.63) is 82.8 Å². The summed E-state index contributed by atoms with van der Waals surface area (Å²) in [5, 5.41) is 5.66. The van der Waals surface area contributed by atoms with Crippen LogP contribution < -0.4 is 10.6 Å². The van der Waals surface area contributed by atoms with Crippen LogP contribution in [0.1, 0.15) is 21.6 Å². The highest BCUT2D eigenvalue weighted by Gasteiger charge is 2.12. The van der Waals surface area contributed by atoms with Crippen molar-refractivity contribution in [3.63, 3.8) is 0 Å². The van der Waals surface area contributed by atoms with Gasteiger partial charge in [-0.15, -0.1) is 0 Å². The van der Waals surface area contributed by atoms with E-state index in [2.05, 4.69) is 20.6 Å².